The van der Waals surface area contributed by atoms with Crippen molar-refractivity contribution in [1.82, 2.24) is 5.32 Å². The minimum Gasteiger partial charge on any atom is -0.465 e. The van der Waals surface area contributed by atoms with Gasteiger partial charge in [-0.05, 0) is 39.7 Å². The van der Waals surface area contributed by atoms with Crippen LogP contribution in [0.1, 0.15) is 32.6 Å². The second-order valence-corrected chi connectivity index (χ2v) is 4.57. The van der Waals surface area contributed by atoms with Crippen LogP contribution < -0.4 is 5.32 Å². The monoisotopic (exact) mass is 259 g/mol. The highest BCUT2D eigenvalue weighted by atomic mass is 16.5. The van der Waals surface area contributed by atoms with Crippen molar-refractivity contribution in [2.24, 2.45) is 0 Å². The first-order valence-corrected chi connectivity index (χ1v) is 6.69. The molecule has 1 rings (SSSR count). The van der Waals surface area contributed by atoms with Crippen molar-refractivity contribution in [3.63, 3.8) is 0 Å². The van der Waals surface area contributed by atoms with Gasteiger partial charge >= 0.3 is 5.97 Å². The predicted octanol–water partition coefficient (Wildman–Crippen LogP) is 1.11. The van der Waals surface area contributed by atoms with Crippen molar-refractivity contribution < 1.29 is 19.0 Å². The molecule has 3 unspecified atom stereocenters. The number of hydrogen-bond donors (Lipinski definition) is 1. The highest BCUT2D eigenvalue weighted by Crippen LogP contribution is 2.23. The first kappa shape index (κ1) is 15.4. The van der Waals surface area contributed by atoms with Crippen LogP contribution in [0.2, 0.25) is 0 Å². The van der Waals surface area contributed by atoms with E-state index < -0.39 is 0 Å². The quantitative estimate of drug-likeness (QED) is 0.694. The van der Waals surface area contributed by atoms with E-state index in [1.807, 2.05) is 0 Å². The molecule has 0 aromatic rings. The van der Waals surface area contributed by atoms with Crippen LogP contribution in [0, 0.1) is 0 Å². The molecule has 0 amide bonds. The second-order valence-electron chi connectivity index (χ2n) is 4.57. The molecule has 0 aromatic heterocycles. The van der Waals surface area contributed by atoms with Crippen molar-refractivity contribution >= 4 is 5.97 Å². The van der Waals surface area contributed by atoms with E-state index in [4.69, 9.17) is 14.2 Å². The number of rotatable bonds is 7. The average Bonchev–Trinajstić information content (AvgIpc) is 2.40. The normalized spacial score (nSPS) is 25.7. The van der Waals surface area contributed by atoms with E-state index in [2.05, 4.69) is 5.32 Å². The minimum absolute atomic E-state index is 0.189. The third-order valence-electron chi connectivity index (χ3n) is 3.33. The van der Waals surface area contributed by atoms with Gasteiger partial charge < -0.3 is 19.5 Å². The third-order valence-corrected chi connectivity index (χ3v) is 3.33. The molecule has 0 bridgehead atoms. The molecule has 0 spiro atoms. The summed E-state index contributed by atoms with van der Waals surface area (Å²) in [6.07, 6.45) is 4.65. The molecule has 0 aromatic carbocycles. The second kappa shape index (κ2) is 8.45. The van der Waals surface area contributed by atoms with E-state index >= 15 is 0 Å². The van der Waals surface area contributed by atoms with Gasteiger partial charge in [-0.2, -0.15) is 0 Å². The van der Waals surface area contributed by atoms with Crippen LogP contribution in [0.4, 0.5) is 0 Å². The first-order chi connectivity index (χ1) is 8.71. The van der Waals surface area contributed by atoms with Crippen molar-refractivity contribution in [3.8, 4) is 0 Å². The Hall–Kier alpha value is -0.650. The van der Waals surface area contributed by atoms with Crippen LogP contribution in [0.3, 0.4) is 0 Å². The van der Waals surface area contributed by atoms with Crippen LogP contribution in [0.5, 0.6) is 0 Å². The molecular formula is C13H25NO4. The summed E-state index contributed by atoms with van der Waals surface area (Å²) >= 11 is 0. The molecule has 5 nitrogen and oxygen atoms in total. The lowest BCUT2D eigenvalue weighted by Gasteiger charge is -2.29. The van der Waals surface area contributed by atoms with Crippen molar-refractivity contribution in [2.75, 3.05) is 27.4 Å². The Morgan fingerprint density at radius 3 is 2.72 bits per heavy atom. The maximum atomic E-state index is 11.6. The summed E-state index contributed by atoms with van der Waals surface area (Å²) < 4.78 is 16.1. The van der Waals surface area contributed by atoms with Gasteiger partial charge in [-0.3, -0.25) is 4.79 Å². The SMILES string of the molecule is CCOC(=O)C(COC1CCCC(OC)C1)NC. The first-order valence-electron chi connectivity index (χ1n) is 6.69. The zero-order chi connectivity index (χ0) is 13.4. The lowest BCUT2D eigenvalue weighted by Crippen LogP contribution is -2.41. The molecule has 0 saturated heterocycles. The molecule has 5 heteroatoms. The molecule has 3 atom stereocenters. The van der Waals surface area contributed by atoms with Crippen molar-refractivity contribution in [1.29, 1.82) is 0 Å². The fraction of sp³-hybridized carbons (Fsp3) is 0.923. The zero-order valence-electron chi connectivity index (χ0n) is 11.6. The Labute approximate surface area is 109 Å². The number of carbonyl (C=O) groups is 1. The Morgan fingerprint density at radius 1 is 1.39 bits per heavy atom. The number of nitrogens with one attached hydrogen (secondary N) is 1. The minimum atomic E-state index is -0.382. The van der Waals surface area contributed by atoms with Crippen LogP contribution in [0.15, 0.2) is 0 Å². The van der Waals surface area contributed by atoms with Gasteiger partial charge in [0.25, 0.3) is 0 Å². The molecule has 1 saturated carbocycles. The van der Waals surface area contributed by atoms with Crippen molar-refractivity contribution in [2.45, 2.75) is 50.9 Å². The van der Waals surface area contributed by atoms with E-state index in [-0.39, 0.29) is 18.1 Å². The summed E-state index contributed by atoms with van der Waals surface area (Å²) in [6.45, 7) is 2.55. The summed E-state index contributed by atoms with van der Waals surface area (Å²) in [5.74, 6) is -0.251. The summed E-state index contributed by atoms with van der Waals surface area (Å²) in [7, 11) is 3.48. The third kappa shape index (κ3) is 4.92. The molecule has 0 heterocycles. The Balaban J connectivity index is 2.31. The number of hydrogen-bond acceptors (Lipinski definition) is 5. The van der Waals surface area contributed by atoms with Gasteiger partial charge in [0.2, 0.25) is 0 Å². The van der Waals surface area contributed by atoms with Gasteiger partial charge in [-0.1, -0.05) is 0 Å². The Morgan fingerprint density at radius 2 is 2.11 bits per heavy atom. The molecule has 106 valence electrons. The number of esters is 1. The maximum Gasteiger partial charge on any atom is 0.325 e. The highest BCUT2D eigenvalue weighted by molar-refractivity contribution is 5.75. The lowest BCUT2D eigenvalue weighted by atomic mass is 9.95. The molecule has 0 aliphatic heterocycles. The maximum absolute atomic E-state index is 11.6. The number of carbonyl (C=O) groups excluding carboxylic acids is 1. The van der Waals surface area contributed by atoms with E-state index in [9.17, 15) is 4.79 Å². The van der Waals surface area contributed by atoms with Gasteiger partial charge in [-0.15, -0.1) is 0 Å². The summed E-state index contributed by atoms with van der Waals surface area (Å²) in [5, 5.41) is 2.92. The number of methoxy groups -OCH3 is 1. The molecule has 1 fully saturated rings. The molecular weight excluding hydrogens is 234 g/mol. The highest BCUT2D eigenvalue weighted by Gasteiger charge is 2.25. The summed E-state index contributed by atoms with van der Waals surface area (Å²) in [4.78, 5) is 11.6. The van der Waals surface area contributed by atoms with Gasteiger partial charge in [0.05, 0.1) is 25.4 Å². The van der Waals surface area contributed by atoms with E-state index in [0.29, 0.717) is 19.3 Å². The van der Waals surface area contributed by atoms with E-state index in [0.717, 1.165) is 25.7 Å². The molecule has 18 heavy (non-hydrogen) atoms. The smallest absolute Gasteiger partial charge is 0.325 e. The summed E-state index contributed by atoms with van der Waals surface area (Å²) in [5.41, 5.74) is 0. The van der Waals surface area contributed by atoms with Crippen molar-refractivity contribution in [3.05, 3.63) is 0 Å². The van der Waals surface area contributed by atoms with Crippen LogP contribution in [-0.4, -0.2) is 51.6 Å². The van der Waals surface area contributed by atoms with E-state index in [1.54, 1.807) is 21.1 Å². The predicted molar refractivity (Wildman–Crippen MR) is 68.5 cm³/mol. The number of ether oxygens (including phenoxy) is 3. The van der Waals surface area contributed by atoms with Gasteiger partial charge in [0, 0.05) is 7.11 Å². The lowest BCUT2D eigenvalue weighted by molar-refractivity contribution is -0.148. The topological polar surface area (TPSA) is 56.8 Å². The molecule has 1 N–H and O–H groups in total. The fourth-order valence-electron chi connectivity index (χ4n) is 2.21. The molecule has 1 aliphatic carbocycles. The standard InChI is InChI=1S/C13H25NO4/c1-4-17-13(15)12(14-2)9-18-11-7-5-6-10(8-11)16-3/h10-12,14H,4-9H2,1-3H3. The zero-order valence-corrected chi connectivity index (χ0v) is 11.6. The largest absolute Gasteiger partial charge is 0.465 e. The number of likely N-dealkylation sites (N-methyl/N-ethyl adjacent to an activating group) is 1. The molecule has 0 radical (unpaired) electrons. The van der Waals surface area contributed by atoms with Gasteiger partial charge in [-0.25, -0.2) is 0 Å². The van der Waals surface area contributed by atoms with Crippen LogP contribution in [-0.2, 0) is 19.0 Å². The Kier molecular flexibility index (Phi) is 7.23. The Bertz CT molecular complexity index is 247. The van der Waals surface area contributed by atoms with Crippen LogP contribution in [0.25, 0.3) is 0 Å². The van der Waals surface area contributed by atoms with Gasteiger partial charge in [0.15, 0.2) is 0 Å². The summed E-state index contributed by atoms with van der Waals surface area (Å²) in [6, 6.07) is -0.382. The van der Waals surface area contributed by atoms with Gasteiger partial charge in [0.1, 0.15) is 6.04 Å². The van der Waals surface area contributed by atoms with E-state index in [1.165, 1.54) is 0 Å². The molecule has 1 aliphatic rings. The fourth-order valence-corrected chi connectivity index (χ4v) is 2.21. The van der Waals surface area contributed by atoms with Crippen LogP contribution >= 0.6 is 0 Å². The average molecular weight is 259 g/mol.